The van der Waals surface area contributed by atoms with Crippen molar-refractivity contribution in [3.63, 3.8) is 0 Å². The molecule has 0 heterocycles. The Morgan fingerprint density at radius 3 is 2.68 bits per heavy atom. The number of nitrogens with two attached hydrogens (primary N) is 1. The highest BCUT2D eigenvalue weighted by Crippen LogP contribution is 2.29. The van der Waals surface area contributed by atoms with E-state index >= 15 is 0 Å². The molecule has 2 aromatic rings. The van der Waals surface area contributed by atoms with Gasteiger partial charge in [0.05, 0.1) is 15.6 Å². The zero-order chi connectivity index (χ0) is 14.0. The summed E-state index contributed by atoms with van der Waals surface area (Å²) in [5.74, 6) is 0. The molecule has 98 valence electrons. The first kappa shape index (κ1) is 13.2. The summed E-state index contributed by atoms with van der Waals surface area (Å²) < 4.78 is 0. The molecular weight excluding hydrogens is 266 g/mol. The Labute approximate surface area is 115 Å². The highest BCUT2D eigenvalue weighted by molar-refractivity contribution is 6.33. The van der Waals surface area contributed by atoms with Crippen molar-refractivity contribution in [2.75, 3.05) is 11.1 Å². The molecule has 0 spiro atoms. The molecule has 0 bridgehead atoms. The third kappa shape index (κ3) is 3.14. The van der Waals surface area contributed by atoms with Crippen LogP contribution in [0.4, 0.5) is 22.7 Å². The largest absolute Gasteiger partial charge is 0.398 e. The summed E-state index contributed by atoms with van der Waals surface area (Å²) in [6.07, 6.45) is 0. The van der Waals surface area contributed by atoms with Gasteiger partial charge in [-0.2, -0.15) is 0 Å². The van der Waals surface area contributed by atoms with Crippen LogP contribution in [0.5, 0.6) is 0 Å². The van der Waals surface area contributed by atoms with Gasteiger partial charge in [-0.1, -0.05) is 17.7 Å². The smallest absolute Gasteiger partial charge is 0.273 e. The van der Waals surface area contributed by atoms with Crippen molar-refractivity contribution in [3.05, 3.63) is 57.1 Å². The molecule has 5 nitrogen and oxygen atoms in total. The summed E-state index contributed by atoms with van der Waals surface area (Å²) in [6.45, 7) is 1.93. The molecule has 0 aromatic heterocycles. The van der Waals surface area contributed by atoms with E-state index in [9.17, 15) is 10.1 Å². The van der Waals surface area contributed by atoms with E-state index in [2.05, 4.69) is 5.32 Å². The Morgan fingerprint density at radius 1 is 1.26 bits per heavy atom. The number of hydrogen-bond donors (Lipinski definition) is 2. The normalized spacial score (nSPS) is 10.2. The van der Waals surface area contributed by atoms with Gasteiger partial charge in [-0.25, -0.2) is 0 Å². The Kier molecular flexibility index (Phi) is 3.57. The lowest BCUT2D eigenvalue weighted by atomic mass is 10.2. The number of rotatable bonds is 3. The van der Waals surface area contributed by atoms with Crippen LogP contribution in [0.3, 0.4) is 0 Å². The maximum Gasteiger partial charge on any atom is 0.273 e. The first-order chi connectivity index (χ1) is 8.95. The predicted molar refractivity (Wildman–Crippen MR) is 77.0 cm³/mol. The first-order valence-corrected chi connectivity index (χ1v) is 5.91. The van der Waals surface area contributed by atoms with Gasteiger partial charge in [0.1, 0.15) is 0 Å². The van der Waals surface area contributed by atoms with Gasteiger partial charge in [0.25, 0.3) is 5.69 Å². The second kappa shape index (κ2) is 5.16. The van der Waals surface area contributed by atoms with Gasteiger partial charge < -0.3 is 11.1 Å². The fourth-order valence-electron chi connectivity index (χ4n) is 1.70. The Balaban J connectivity index is 2.38. The molecule has 6 heteroatoms. The number of nitrogens with zero attached hydrogens (tertiary/aromatic N) is 1. The maximum absolute atomic E-state index is 10.8. The summed E-state index contributed by atoms with van der Waals surface area (Å²) in [5, 5.41) is 14.3. The summed E-state index contributed by atoms with van der Waals surface area (Å²) in [6, 6.07) is 9.84. The number of nitrogen functional groups attached to an aromatic ring is 1. The van der Waals surface area contributed by atoms with E-state index in [1.54, 1.807) is 12.1 Å². The van der Waals surface area contributed by atoms with Crippen LogP contribution in [-0.2, 0) is 0 Å². The number of halogens is 1. The topological polar surface area (TPSA) is 81.2 Å². The maximum atomic E-state index is 10.8. The number of nitro benzene ring substituents is 1. The van der Waals surface area contributed by atoms with Crippen molar-refractivity contribution in [2.45, 2.75) is 6.92 Å². The van der Waals surface area contributed by atoms with Gasteiger partial charge in [0, 0.05) is 23.5 Å². The zero-order valence-corrected chi connectivity index (χ0v) is 10.9. The van der Waals surface area contributed by atoms with Gasteiger partial charge in [-0.05, 0) is 30.7 Å². The highest BCUT2D eigenvalue weighted by atomic mass is 35.5. The standard InChI is InChI=1S/C13H12ClN3O2/c1-8-2-3-12(14)13(4-8)16-10-5-9(15)6-11(7-10)17(18)19/h2-7,16H,15H2,1H3. The van der Waals surface area contributed by atoms with E-state index in [-0.39, 0.29) is 5.69 Å². The number of aryl methyl sites for hydroxylation is 1. The SMILES string of the molecule is Cc1ccc(Cl)c(Nc2cc(N)cc([N+](=O)[O-])c2)c1. The molecule has 0 saturated carbocycles. The van der Waals surface area contributed by atoms with Gasteiger partial charge >= 0.3 is 0 Å². The molecular formula is C13H12ClN3O2. The van der Waals surface area contributed by atoms with E-state index in [0.29, 0.717) is 22.1 Å². The van der Waals surface area contributed by atoms with Crippen molar-refractivity contribution >= 4 is 34.4 Å². The zero-order valence-electron chi connectivity index (χ0n) is 10.2. The average Bonchev–Trinajstić information content (AvgIpc) is 2.33. The van der Waals surface area contributed by atoms with Crippen LogP contribution in [0.15, 0.2) is 36.4 Å². The molecule has 19 heavy (non-hydrogen) atoms. The minimum Gasteiger partial charge on any atom is -0.398 e. The molecule has 0 fully saturated rings. The molecule has 0 atom stereocenters. The fourth-order valence-corrected chi connectivity index (χ4v) is 1.87. The van der Waals surface area contributed by atoms with Crippen LogP contribution in [0.25, 0.3) is 0 Å². The lowest BCUT2D eigenvalue weighted by molar-refractivity contribution is -0.384. The van der Waals surface area contributed by atoms with Crippen LogP contribution in [0.2, 0.25) is 5.02 Å². The molecule has 0 aliphatic heterocycles. The van der Waals surface area contributed by atoms with E-state index in [0.717, 1.165) is 5.56 Å². The molecule has 2 aromatic carbocycles. The van der Waals surface area contributed by atoms with E-state index in [1.165, 1.54) is 12.1 Å². The summed E-state index contributed by atoms with van der Waals surface area (Å²) in [5.41, 5.74) is 8.14. The molecule has 0 saturated heterocycles. The number of nitrogens with one attached hydrogen (secondary N) is 1. The molecule has 0 radical (unpaired) electrons. The second-order valence-electron chi connectivity index (χ2n) is 4.18. The van der Waals surface area contributed by atoms with Crippen molar-refractivity contribution in [2.24, 2.45) is 0 Å². The second-order valence-corrected chi connectivity index (χ2v) is 4.59. The third-order valence-electron chi connectivity index (χ3n) is 2.55. The predicted octanol–water partition coefficient (Wildman–Crippen LogP) is 3.88. The number of nitro groups is 1. The van der Waals surface area contributed by atoms with E-state index in [1.807, 2.05) is 19.1 Å². The van der Waals surface area contributed by atoms with Crippen LogP contribution < -0.4 is 11.1 Å². The molecule has 3 N–H and O–H groups in total. The summed E-state index contributed by atoms with van der Waals surface area (Å²) in [4.78, 5) is 10.3. The highest BCUT2D eigenvalue weighted by Gasteiger charge is 2.09. The Bertz CT molecular complexity index is 644. The van der Waals surface area contributed by atoms with Gasteiger partial charge in [0.15, 0.2) is 0 Å². The summed E-state index contributed by atoms with van der Waals surface area (Å²) >= 11 is 6.06. The Morgan fingerprint density at radius 2 is 2.00 bits per heavy atom. The fraction of sp³-hybridized carbons (Fsp3) is 0.0769. The van der Waals surface area contributed by atoms with Gasteiger partial charge in [-0.3, -0.25) is 10.1 Å². The summed E-state index contributed by atoms with van der Waals surface area (Å²) in [7, 11) is 0. The van der Waals surface area contributed by atoms with Gasteiger partial charge in [0.2, 0.25) is 0 Å². The van der Waals surface area contributed by atoms with Crippen LogP contribution in [0.1, 0.15) is 5.56 Å². The number of hydrogen-bond acceptors (Lipinski definition) is 4. The first-order valence-electron chi connectivity index (χ1n) is 5.54. The Hall–Kier alpha value is -2.27. The number of non-ortho nitro benzene ring substituents is 1. The van der Waals surface area contributed by atoms with Crippen molar-refractivity contribution < 1.29 is 4.92 Å². The number of anilines is 3. The number of benzene rings is 2. The lowest BCUT2D eigenvalue weighted by Crippen LogP contribution is -1.96. The molecule has 2 rings (SSSR count). The van der Waals surface area contributed by atoms with Crippen molar-refractivity contribution in [3.8, 4) is 0 Å². The lowest BCUT2D eigenvalue weighted by Gasteiger charge is -2.10. The quantitative estimate of drug-likeness (QED) is 0.507. The van der Waals surface area contributed by atoms with Crippen molar-refractivity contribution in [1.29, 1.82) is 0 Å². The molecule has 0 aliphatic carbocycles. The van der Waals surface area contributed by atoms with E-state index in [4.69, 9.17) is 17.3 Å². The minimum atomic E-state index is -0.487. The van der Waals surface area contributed by atoms with Gasteiger partial charge in [-0.15, -0.1) is 0 Å². The molecule has 0 unspecified atom stereocenters. The van der Waals surface area contributed by atoms with Crippen LogP contribution in [0, 0.1) is 17.0 Å². The molecule has 0 amide bonds. The monoisotopic (exact) mass is 277 g/mol. The van der Waals surface area contributed by atoms with E-state index < -0.39 is 4.92 Å². The third-order valence-corrected chi connectivity index (χ3v) is 2.88. The minimum absolute atomic E-state index is 0.0636. The average molecular weight is 278 g/mol. The van der Waals surface area contributed by atoms with Crippen LogP contribution in [-0.4, -0.2) is 4.92 Å². The molecule has 0 aliphatic rings. The van der Waals surface area contributed by atoms with Crippen LogP contribution >= 0.6 is 11.6 Å². The van der Waals surface area contributed by atoms with Crippen molar-refractivity contribution in [1.82, 2.24) is 0 Å².